The van der Waals surface area contributed by atoms with E-state index in [0.29, 0.717) is 17.2 Å². The van der Waals surface area contributed by atoms with Gasteiger partial charge in [0.15, 0.2) is 0 Å². The molecule has 0 aliphatic heterocycles. The predicted molar refractivity (Wildman–Crippen MR) is 145 cm³/mol. The van der Waals surface area contributed by atoms with Crippen LogP contribution >= 0.6 is 0 Å². The summed E-state index contributed by atoms with van der Waals surface area (Å²) in [5.41, 5.74) is 5.23. The zero-order valence-electron chi connectivity index (χ0n) is 22.0. The number of ether oxygens (including phenoxy) is 2. The number of para-hydroxylation sites is 1. The number of aliphatic hydroxyl groups is 3. The summed E-state index contributed by atoms with van der Waals surface area (Å²) in [6.07, 6.45) is -2.22. The molecular weight excluding hydrogens is 522 g/mol. The number of fused-ring (bicyclic) bond motifs is 1. The number of hydrogen-bond acceptors (Lipinski definition) is 8. The highest BCUT2D eigenvalue weighted by Gasteiger charge is 2.49. The molecule has 0 saturated heterocycles. The Morgan fingerprint density at radius 2 is 1.77 bits per heavy atom. The number of aromatic amines is 1. The highest BCUT2D eigenvalue weighted by atomic mass is 16.5. The van der Waals surface area contributed by atoms with Gasteiger partial charge in [-0.2, -0.15) is 0 Å². The molecule has 1 saturated carbocycles. The summed E-state index contributed by atoms with van der Waals surface area (Å²) in [5, 5.41) is 40.6. The van der Waals surface area contributed by atoms with Gasteiger partial charge in [0.05, 0.1) is 26.4 Å². The van der Waals surface area contributed by atoms with E-state index < -0.39 is 60.6 Å². The average molecular weight is 556 g/mol. The highest BCUT2D eigenvalue weighted by Crippen LogP contribution is 2.31. The third-order valence-electron chi connectivity index (χ3n) is 7.01. The van der Waals surface area contributed by atoms with Gasteiger partial charge in [-0.05, 0) is 11.6 Å². The molecule has 1 aliphatic rings. The summed E-state index contributed by atoms with van der Waals surface area (Å²) in [6.45, 7) is 0. The molecule has 1 heterocycles. The largest absolute Gasteiger partial charge is 0.497 e. The Kier molecular flexibility index (Phi) is 8.47. The van der Waals surface area contributed by atoms with E-state index in [1.807, 2.05) is 24.3 Å². The second-order valence-corrected chi connectivity index (χ2v) is 9.80. The van der Waals surface area contributed by atoms with Crippen molar-refractivity contribution in [3.8, 4) is 11.5 Å². The number of carbonyl (C=O) groups excluding carboxylic acids is 3. The summed E-state index contributed by atoms with van der Waals surface area (Å²) in [4.78, 5) is 41.2. The first-order valence-corrected chi connectivity index (χ1v) is 12.6. The standard InChI is InChI=1S/C27H33N5O8/c1-39-16-8-15(9-17(10-16)40-2)30-26(37)32-21-11-27(38,12-22(33)23(21)34)25(36)31-20(24(28)35)7-14-13-29-19-6-4-3-5-18(14)19/h3-6,8-10,13,20-23,29,33-34,38H,7,11-12H2,1-2H3,(H2,28,35)(H,31,36)(H2,30,32,37)/t20-,21+,22-,23-,27+/m1/s1. The molecule has 214 valence electrons. The number of aliphatic hydroxyl groups excluding tert-OH is 2. The normalized spacial score (nSPS) is 23.2. The lowest BCUT2D eigenvalue weighted by Crippen LogP contribution is -2.64. The molecule has 13 nitrogen and oxygen atoms in total. The molecule has 3 aromatic rings. The molecule has 4 rings (SSSR count). The first-order valence-electron chi connectivity index (χ1n) is 12.6. The second-order valence-electron chi connectivity index (χ2n) is 9.80. The number of methoxy groups -OCH3 is 2. The van der Waals surface area contributed by atoms with E-state index in [1.54, 1.807) is 12.3 Å². The highest BCUT2D eigenvalue weighted by molar-refractivity contribution is 5.93. The monoisotopic (exact) mass is 555 g/mol. The van der Waals surface area contributed by atoms with E-state index in [-0.39, 0.29) is 6.42 Å². The van der Waals surface area contributed by atoms with Crippen LogP contribution in [0.1, 0.15) is 18.4 Å². The molecular formula is C27H33N5O8. The summed E-state index contributed by atoms with van der Waals surface area (Å²) in [6, 6.07) is 8.94. The van der Waals surface area contributed by atoms with E-state index in [9.17, 15) is 29.7 Å². The quantitative estimate of drug-likeness (QED) is 0.182. The fourth-order valence-corrected chi connectivity index (χ4v) is 4.88. The predicted octanol–water partition coefficient (Wildman–Crippen LogP) is 0.135. The van der Waals surface area contributed by atoms with Crippen molar-refractivity contribution >= 4 is 34.4 Å². The van der Waals surface area contributed by atoms with Crippen LogP contribution in [0.4, 0.5) is 10.5 Å². The van der Waals surface area contributed by atoms with Crippen LogP contribution in [0, 0.1) is 0 Å². The summed E-state index contributed by atoms with van der Waals surface area (Å²) in [7, 11) is 2.90. The van der Waals surface area contributed by atoms with Gasteiger partial charge < -0.3 is 51.5 Å². The lowest BCUT2D eigenvalue weighted by molar-refractivity contribution is -0.158. The minimum absolute atomic E-state index is 0.0560. The SMILES string of the molecule is COc1cc(NC(=O)N[C@H]2C[C@@](O)(C(=O)N[C@H](Cc3c[nH]c4ccccc34)C(N)=O)C[C@@H](O)[C@@H]2O)cc(OC)c1. The van der Waals surface area contributed by atoms with E-state index in [2.05, 4.69) is 20.9 Å². The average Bonchev–Trinajstić information content (AvgIpc) is 3.33. The zero-order valence-corrected chi connectivity index (χ0v) is 22.0. The number of amides is 4. The molecule has 9 N–H and O–H groups in total. The van der Waals surface area contributed by atoms with Crippen LogP contribution in [-0.4, -0.2) is 82.3 Å². The molecule has 13 heteroatoms. The van der Waals surface area contributed by atoms with Crippen molar-refractivity contribution in [1.29, 1.82) is 0 Å². The van der Waals surface area contributed by atoms with Crippen molar-refractivity contribution in [3.05, 3.63) is 54.2 Å². The molecule has 0 radical (unpaired) electrons. The topological polar surface area (TPSA) is 208 Å². The minimum Gasteiger partial charge on any atom is -0.497 e. The van der Waals surface area contributed by atoms with Crippen LogP contribution in [0.25, 0.3) is 10.9 Å². The molecule has 4 amide bonds. The van der Waals surface area contributed by atoms with Crippen molar-refractivity contribution in [3.63, 3.8) is 0 Å². The van der Waals surface area contributed by atoms with Crippen molar-refractivity contribution in [2.75, 3.05) is 19.5 Å². The Morgan fingerprint density at radius 1 is 1.10 bits per heavy atom. The Bertz CT molecular complexity index is 1370. The van der Waals surface area contributed by atoms with Crippen LogP contribution in [0.3, 0.4) is 0 Å². The molecule has 5 atom stereocenters. The Hall–Kier alpha value is -4.33. The third kappa shape index (κ3) is 6.28. The van der Waals surface area contributed by atoms with Crippen LogP contribution in [0.5, 0.6) is 11.5 Å². The van der Waals surface area contributed by atoms with Gasteiger partial charge in [-0.15, -0.1) is 0 Å². The number of primary amides is 1. The van der Waals surface area contributed by atoms with E-state index in [1.165, 1.54) is 26.4 Å². The molecule has 1 aromatic heterocycles. The lowest BCUT2D eigenvalue weighted by atomic mass is 9.77. The fourth-order valence-electron chi connectivity index (χ4n) is 4.88. The van der Waals surface area contributed by atoms with Crippen LogP contribution in [0.2, 0.25) is 0 Å². The van der Waals surface area contributed by atoms with E-state index >= 15 is 0 Å². The first-order chi connectivity index (χ1) is 19.0. The second kappa shape index (κ2) is 11.8. The summed E-state index contributed by atoms with van der Waals surface area (Å²) in [5.74, 6) is -0.941. The third-order valence-corrected chi connectivity index (χ3v) is 7.01. The van der Waals surface area contributed by atoms with Gasteiger partial charge in [-0.1, -0.05) is 18.2 Å². The fraction of sp³-hybridized carbons (Fsp3) is 0.370. The maximum atomic E-state index is 13.2. The van der Waals surface area contributed by atoms with Crippen molar-refractivity contribution in [2.45, 2.75) is 49.2 Å². The van der Waals surface area contributed by atoms with Crippen molar-refractivity contribution < 1.29 is 39.2 Å². The number of nitrogens with one attached hydrogen (secondary N) is 4. The first kappa shape index (κ1) is 28.7. The molecule has 0 bridgehead atoms. The molecule has 0 spiro atoms. The Labute approximate surface area is 229 Å². The zero-order chi connectivity index (χ0) is 29.0. The van der Waals surface area contributed by atoms with Crippen LogP contribution < -0.4 is 31.2 Å². The molecule has 40 heavy (non-hydrogen) atoms. The maximum absolute atomic E-state index is 13.2. The number of hydrogen-bond donors (Lipinski definition) is 8. The number of rotatable bonds is 9. The van der Waals surface area contributed by atoms with Gasteiger partial charge in [-0.3, -0.25) is 9.59 Å². The number of anilines is 1. The number of urea groups is 1. The van der Waals surface area contributed by atoms with Gasteiger partial charge in [0.2, 0.25) is 5.91 Å². The van der Waals surface area contributed by atoms with E-state index in [4.69, 9.17) is 15.2 Å². The summed E-state index contributed by atoms with van der Waals surface area (Å²) < 4.78 is 10.4. The molecule has 0 unspecified atom stereocenters. The number of H-pyrrole nitrogens is 1. The van der Waals surface area contributed by atoms with Gasteiger partial charge >= 0.3 is 6.03 Å². The van der Waals surface area contributed by atoms with Gasteiger partial charge in [0.1, 0.15) is 29.2 Å². The summed E-state index contributed by atoms with van der Waals surface area (Å²) >= 11 is 0. The molecule has 1 aliphatic carbocycles. The van der Waals surface area contributed by atoms with E-state index in [0.717, 1.165) is 16.5 Å². The maximum Gasteiger partial charge on any atom is 0.319 e. The number of nitrogens with two attached hydrogens (primary N) is 1. The Balaban J connectivity index is 1.45. The molecule has 1 fully saturated rings. The van der Waals surface area contributed by atoms with Crippen molar-refractivity contribution in [1.82, 2.24) is 15.6 Å². The van der Waals surface area contributed by atoms with Crippen molar-refractivity contribution in [2.24, 2.45) is 5.73 Å². The lowest BCUT2D eigenvalue weighted by Gasteiger charge is -2.41. The van der Waals surface area contributed by atoms with Crippen LogP contribution in [-0.2, 0) is 16.0 Å². The van der Waals surface area contributed by atoms with Gasteiger partial charge in [-0.25, -0.2) is 4.79 Å². The number of aromatic nitrogens is 1. The minimum atomic E-state index is -2.22. The van der Waals surface area contributed by atoms with Gasteiger partial charge in [0, 0.05) is 60.2 Å². The smallest absolute Gasteiger partial charge is 0.319 e. The number of benzene rings is 2. The Morgan fingerprint density at radius 3 is 2.42 bits per heavy atom. The molecule has 2 aromatic carbocycles. The van der Waals surface area contributed by atoms with Crippen LogP contribution in [0.15, 0.2) is 48.7 Å². The number of carbonyl (C=O) groups is 3. The van der Waals surface area contributed by atoms with Gasteiger partial charge in [0.25, 0.3) is 5.91 Å².